The van der Waals surface area contributed by atoms with E-state index in [4.69, 9.17) is 4.74 Å². The molecular weight excluding hydrogens is 429 g/mol. The topological polar surface area (TPSA) is 58.6 Å². The van der Waals surface area contributed by atoms with Gasteiger partial charge in [-0.3, -0.25) is 14.5 Å². The van der Waals surface area contributed by atoms with Gasteiger partial charge in [-0.25, -0.2) is 0 Å². The molecule has 0 saturated heterocycles. The number of amides is 2. The van der Waals surface area contributed by atoms with Gasteiger partial charge in [0.1, 0.15) is 5.75 Å². The van der Waals surface area contributed by atoms with Gasteiger partial charge in [-0.2, -0.15) is 13.2 Å². The Kier molecular flexibility index (Phi) is 7.25. The average Bonchev–Trinajstić information content (AvgIpc) is 3.17. The van der Waals surface area contributed by atoms with Crippen molar-refractivity contribution in [3.05, 3.63) is 46.2 Å². The molecular formula is C22H25F3N2O3S. The van der Waals surface area contributed by atoms with E-state index in [1.165, 1.54) is 42.7 Å². The minimum Gasteiger partial charge on any atom is -0.497 e. The Morgan fingerprint density at radius 3 is 2.26 bits per heavy atom. The monoisotopic (exact) mass is 454 g/mol. The van der Waals surface area contributed by atoms with Crippen LogP contribution in [0.4, 0.5) is 18.9 Å². The van der Waals surface area contributed by atoms with Crippen molar-refractivity contribution in [2.24, 2.45) is 0 Å². The Balaban J connectivity index is 2.04. The van der Waals surface area contributed by atoms with Crippen molar-refractivity contribution in [1.29, 1.82) is 0 Å². The van der Waals surface area contributed by atoms with Crippen molar-refractivity contribution in [2.45, 2.75) is 57.3 Å². The zero-order chi connectivity index (χ0) is 22.6. The Morgan fingerprint density at radius 1 is 1.10 bits per heavy atom. The highest BCUT2D eigenvalue weighted by atomic mass is 32.1. The summed E-state index contributed by atoms with van der Waals surface area (Å²) in [5, 5.41) is 2.89. The fourth-order valence-electron chi connectivity index (χ4n) is 3.76. The van der Waals surface area contributed by atoms with Crippen LogP contribution in [-0.4, -0.2) is 31.1 Å². The third-order valence-electron chi connectivity index (χ3n) is 5.30. The number of nitrogens with one attached hydrogen (secondary N) is 1. The first-order valence-corrected chi connectivity index (χ1v) is 10.9. The Labute approximate surface area is 183 Å². The molecule has 168 valence electrons. The van der Waals surface area contributed by atoms with Crippen LogP contribution < -0.4 is 15.0 Å². The zero-order valence-electron chi connectivity index (χ0n) is 17.4. The molecule has 1 aromatic heterocycles. The van der Waals surface area contributed by atoms with Gasteiger partial charge < -0.3 is 10.1 Å². The summed E-state index contributed by atoms with van der Waals surface area (Å²) in [7, 11) is 1.43. The minimum absolute atomic E-state index is 0.0297. The number of benzene rings is 1. The molecule has 0 bridgehead atoms. The van der Waals surface area contributed by atoms with Crippen molar-refractivity contribution >= 4 is 28.8 Å². The lowest BCUT2D eigenvalue weighted by molar-refractivity contribution is -0.171. The van der Waals surface area contributed by atoms with E-state index in [1.807, 2.05) is 0 Å². The lowest BCUT2D eigenvalue weighted by atomic mass is 9.95. The summed E-state index contributed by atoms with van der Waals surface area (Å²) in [5.74, 6) is -2.27. The molecule has 1 aliphatic rings. The second-order valence-corrected chi connectivity index (χ2v) is 8.88. The van der Waals surface area contributed by atoms with Gasteiger partial charge in [-0.1, -0.05) is 19.3 Å². The van der Waals surface area contributed by atoms with Crippen LogP contribution in [0.2, 0.25) is 0 Å². The van der Waals surface area contributed by atoms with E-state index >= 15 is 0 Å². The van der Waals surface area contributed by atoms with E-state index in [0.717, 1.165) is 37.0 Å². The minimum atomic E-state index is -5.14. The Morgan fingerprint density at radius 2 is 1.74 bits per heavy atom. The molecule has 0 unspecified atom stereocenters. The Bertz CT molecular complexity index is 905. The molecule has 0 spiro atoms. The summed E-state index contributed by atoms with van der Waals surface area (Å²) >= 11 is 1.20. The maximum Gasteiger partial charge on any atom is 0.471 e. The van der Waals surface area contributed by atoms with Gasteiger partial charge in [0.05, 0.1) is 7.11 Å². The van der Waals surface area contributed by atoms with Crippen molar-refractivity contribution in [3.8, 4) is 5.75 Å². The molecule has 0 radical (unpaired) electrons. The van der Waals surface area contributed by atoms with Gasteiger partial charge in [-0.05, 0) is 56.2 Å². The van der Waals surface area contributed by atoms with Crippen molar-refractivity contribution < 1.29 is 27.5 Å². The third-order valence-corrected chi connectivity index (χ3v) is 6.35. The quantitative estimate of drug-likeness (QED) is 0.657. The summed E-state index contributed by atoms with van der Waals surface area (Å²) in [6, 6.07) is 7.42. The fourth-order valence-corrected chi connectivity index (χ4v) is 4.73. The third kappa shape index (κ3) is 5.58. The summed E-state index contributed by atoms with van der Waals surface area (Å²) in [6.45, 7) is 1.80. The van der Waals surface area contributed by atoms with Crippen molar-refractivity contribution in [2.75, 3.05) is 12.0 Å². The molecule has 1 aliphatic carbocycles. The largest absolute Gasteiger partial charge is 0.497 e. The molecule has 1 fully saturated rings. The molecule has 0 aliphatic heterocycles. The number of halogens is 3. The number of nitrogens with zero attached hydrogens (tertiary/aromatic N) is 1. The number of alkyl halides is 3. The maximum atomic E-state index is 13.6. The first kappa shape index (κ1) is 23.1. The number of aryl methyl sites for hydroxylation is 1. The molecule has 1 saturated carbocycles. The van der Waals surface area contributed by atoms with E-state index in [9.17, 15) is 22.8 Å². The van der Waals surface area contributed by atoms with E-state index in [1.54, 1.807) is 19.1 Å². The number of methoxy groups -OCH3 is 1. The van der Waals surface area contributed by atoms with Crippen LogP contribution in [0.25, 0.3) is 0 Å². The number of rotatable bonds is 6. The summed E-state index contributed by atoms with van der Waals surface area (Å²) in [4.78, 5) is 27.6. The molecule has 1 N–H and O–H groups in total. The number of hydrogen-bond donors (Lipinski definition) is 1. The predicted molar refractivity (Wildman–Crippen MR) is 113 cm³/mol. The normalized spacial score (nSPS) is 15.9. The number of carbonyl (C=O) groups excluding carboxylic acids is 2. The van der Waals surface area contributed by atoms with E-state index in [2.05, 4.69) is 5.32 Å². The van der Waals surface area contributed by atoms with Crippen molar-refractivity contribution in [3.63, 3.8) is 0 Å². The number of thiophene rings is 1. The van der Waals surface area contributed by atoms with Crippen LogP contribution in [0.5, 0.6) is 5.75 Å². The fraction of sp³-hybridized carbons (Fsp3) is 0.455. The zero-order valence-corrected chi connectivity index (χ0v) is 18.2. The number of hydrogen-bond acceptors (Lipinski definition) is 4. The molecule has 9 heteroatoms. The molecule has 1 heterocycles. The molecule has 1 atom stereocenters. The second kappa shape index (κ2) is 9.72. The smallest absolute Gasteiger partial charge is 0.471 e. The number of anilines is 1. The maximum absolute atomic E-state index is 13.6. The van der Waals surface area contributed by atoms with Crippen LogP contribution in [0, 0.1) is 6.92 Å². The lowest BCUT2D eigenvalue weighted by Gasteiger charge is -2.33. The second-order valence-electron chi connectivity index (χ2n) is 7.57. The highest BCUT2D eigenvalue weighted by Crippen LogP contribution is 2.36. The molecule has 2 amide bonds. The van der Waals surface area contributed by atoms with Crippen LogP contribution in [-0.2, 0) is 9.59 Å². The van der Waals surface area contributed by atoms with E-state index in [0.29, 0.717) is 15.5 Å². The number of ether oxygens (including phenoxy) is 1. The van der Waals surface area contributed by atoms with E-state index < -0.39 is 24.0 Å². The molecule has 3 rings (SSSR count). The molecule has 31 heavy (non-hydrogen) atoms. The predicted octanol–water partition coefficient (Wildman–Crippen LogP) is 5.15. The summed E-state index contributed by atoms with van der Waals surface area (Å²) < 4.78 is 45.8. The first-order valence-electron chi connectivity index (χ1n) is 10.1. The van der Waals surface area contributed by atoms with Gasteiger partial charge >= 0.3 is 12.1 Å². The van der Waals surface area contributed by atoms with Gasteiger partial charge in [-0.15, -0.1) is 11.3 Å². The van der Waals surface area contributed by atoms with Crippen LogP contribution >= 0.6 is 11.3 Å². The van der Waals surface area contributed by atoms with Crippen LogP contribution in [0.15, 0.2) is 36.4 Å². The standard InChI is InChI=1S/C22H25F3N2O3S/c1-14-8-13-18(31-14)19(20(28)26-15-6-4-3-5-7-15)27(21(29)22(23,24)25)16-9-11-17(30-2)12-10-16/h8-13,15,19H,3-7H2,1-2H3,(H,26,28)/t19-/m0/s1. The highest BCUT2D eigenvalue weighted by Gasteiger charge is 2.48. The Hall–Kier alpha value is -2.55. The van der Waals surface area contributed by atoms with Gasteiger partial charge in [0.15, 0.2) is 6.04 Å². The van der Waals surface area contributed by atoms with Crippen molar-refractivity contribution in [1.82, 2.24) is 5.32 Å². The van der Waals surface area contributed by atoms with Crippen LogP contribution in [0.3, 0.4) is 0 Å². The highest BCUT2D eigenvalue weighted by molar-refractivity contribution is 7.12. The van der Waals surface area contributed by atoms with Gasteiger partial charge in [0.25, 0.3) is 0 Å². The van der Waals surface area contributed by atoms with Crippen LogP contribution in [0.1, 0.15) is 47.9 Å². The van der Waals surface area contributed by atoms with Gasteiger partial charge in [0.2, 0.25) is 5.91 Å². The summed E-state index contributed by atoms with van der Waals surface area (Å²) in [5.41, 5.74) is -0.0297. The summed E-state index contributed by atoms with van der Waals surface area (Å²) in [6.07, 6.45) is -0.607. The average molecular weight is 455 g/mol. The first-order chi connectivity index (χ1) is 14.7. The number of carbonyl (C=O) groups is 2. The SMILES string of the molecule is COc1ccc(N(C(=O)C(F)(F)F)[C@H](C(=O)NC2CCCCC2)c2ccc(C)s2)cc1. The molecule has 2 aromatic rings. The van der Waals surface area contributed by atoms with Gasteiger partial charge in [0, 0.05) is 21.5 Å². The molecule has 5 nitrogen and oxygen atoms in total. The van der Waals surface area contributed by atoms with E-state index in [-0.39, 0.29) is 11.7 Å². The lowest BCUT2D eigenvalue weighted by Crippen LogP contribution is -2.50. The molecule has 1 aromatic carbocycles.